The number of nitrogens with two attached hydrogens (primary N) is 2. The number of nitrogen functional groups attached to an aromatic ring is 2. The molecule has 46 heavy (non-hydrogen) atoms. The SMILES string of the molecule is Nc1nc2c(ncn2[C@@H]2O[C@H](CO)[C@@H](O)[C@H]2OP(O)(=S)OCC[C@@H](OP(=O)(O)S)[C@@H](O)[C@@H](O)n2cnc3c(N)ncnc32)c(=O)[nH]1. The molecule has 0 saturated carbocycles. The third-order valence-electron chi connectivity index (χ3n) is 6.76. The van der Waals surface area contributed by atoms with E-state index in [1.165, 1.54) is 4.57 Å². The minimum absolute atomic E-state index is 0.00355. The van der Waals surface area contributed by atoms with Crippen LogP contribution in [0.3, 0.4) is 0 Å². The number of fused-ring (bicyclic) bond motifs is 2. The molecule has 4 aromatic heterocycles. The molecule has 1 aliphatic rings. The Kier molecular flexibility index (Phi) is 10.1. The number of ether oxygens (including phenoxy) is 1. The maximum absolute atomic E-state index is 12.2. The number of hydrogen-bond acceptors (Lipinski definition) is 18. The van der Waals surface area contributed by atoms with Gasteiger partial charge in [0.05, 0.1) is 25.9 Å². The van der Waals surface area contributed by atoms with Gasteiger partial charge in [-0.05, 0) is 11.8 Å². The maximum Gasteiger partial charge on any atom is 0.383 e. The van der Waals surface area contributed by atoms with E-state index in [0.717, 1.165) is 23.5 Å². The zero-order valence-corrected chi connectivity index (χ0v) is 26.6. The molecule has 252 valence electrons. The van der Waals surface area contributed by atoms with Crippen LogP contribution in [0.15, 0.2) is 23.8 Å². The molecule has 22 nitrogen and oxygen atoms in total. The number of nitrogens with one attached hydrogen (secondary N) is 1. The Morgan fingerprint density at radius 2 is 1.87 bits per heavy atom. The summed E-state index contributed by atoms with van der Waals surface area (Å²) < 4.78 is 35.8. The lowest BCUT2D eigenvalue weighted by Crippen LogP contribution is -2.37. The summed E-state index contributed by atoms with van der Waals surface area (Å²) >= 11 is 8.58. The summed E-state index contributed by atoms with van der Waals surface area (Å²) in [4.78, 5) is 54.8. The van der Waals surface area contributed by atoms with Crippen molar-refractivity contribution in [3.05, 3.63) is 29.3 Å². The molecule has 4 aromatic rings. The van der Waals surface area contributed by atoms with E-state index in [0.29, 0.717) is 0 Å². The highest BCUT2D eigenvalue weighted by Gasteiger charge is 2.48. The van der Waals surface area contributed by atoms with Gasteiger partial charge in [-0.3, -0.25) is 28.0 Å². The van der Waals surface area contributed by atoms with Crippen molar-refractivity contribution in [1.82, 2.24) is 39.0 Å². The topological polar surface area (TPSA) is 335 Å². The van der Waals surface area contributed by atoms with Crippen molar-refractivity contribution in [3.8, 4) is 0 Å². The largest absolute Gasteiger partial charge is 0.394 e. The van der Waals surface area contributed by atoms with E-state index in [9.17, 15) is 39.6 Å². The Bertz CT molecular complexity index is 1870. The Morgan fingerprint density at radius 1 is 1.15 bits per heavy atom. The Balaban J connectivity index is 1.31. The van der Waals surface area contributed by atoms with Crippen LogP contribution in [0.4, 0.5) is 11.8 Å². The van der Waals surface area contributed by atoms with E-state index < -0.39 is 81.7 Å². The molecule has 0 amide bonds. The normalized spacial score (nSPS) is 24.9. The molecule has 1 aliphatic heterocycles. The van der Waals surface area contributed by atoms with Crippen molar-refractivity contribution < 1.29 is 53.1 Å². The molecule has 26 heteroatoms. The minimum atomic E-state index is -4.57. The van der Waals surface area contributed by atoms with Crippen molar-refractivity contribution in [2.75, 3.05) is 24.7 Å². The predicted octanol–water partition coefficient (Wildman–Crippen LogP) is -2.35. The van der Waals surface area contributed by atoms with Gasteiger partial charge in [0, 0.05) is 6.42 Å². The molecule has 0 aromatic carbocycles. The van der Waals surface area contributed by atoms with Gasteiger partial charge in [0.25, 0.3) is 5.56 Å². The van der Waals surface area contributed by atoms with E-state index in [1.807, 2.05) is 0 Å². The fraction of sp³-hybridized carbons (Fsp3) is 0.500. The number of aromatic amines is 1. The van der Waals surface area contributed by atoms with Gasteiger partial charge in [-0.25, -0.2) is 24.5 Å². The van der Waals surface area contributed by atoms with Crippen LogP contribution >= 0.6 is 25.8 Å². The van der Waals surface area contributed by atoms with Crippen LogP contribution in [0, 0.1) is 0 Å². The molecule has 11 N–H and O–H groups in total. The highest BCUT2D eigenvalue weighted by molar-refractivity contribution is 8.44. The number of aliphatic hydroxyl groups excluding tert-OH is 4. The first-order valence-corrected chi connectivity index (χ1v) is 18.3. The first kappa shape index (κ1) is 34.7. The number of H-pyrrole nitrogens is 1. The fourth-order valence-electron chi connectivity index (χ4n) is 4.69. The number of thiol groups is 1. The van der Waals surface area contributed by atoms with Crippen molar-refractivity contribution >= 4 is 71.7 Å². The quantitative estimate of drug-likeness (QED) is 0.0509. The number of anilines is 2. The molecule has 5 heterocycles. The summed E-state index contributed by atoms with van der Waals surface area (Å²) in [6.45, 7) is -10.1. The van der Waals surface area contributed by atoms with Crippen LogP contribution in [0.5, 0.6) is 0 Å². The van der Waals surface area contributed by atoms with Crippen molar-refractivity contribution in [3.63, 3.8) is 0 Å². The molecule has 2 unspecified atom stereocenters. The lowest BCUT2D eigenvalue weighted by Gasteiger charge is -2.29. The second-order valence-electron chi connectivity index (χ2n) is 9.80. The van der Waals surface area contributed by atoms with E-state index >= 15 is 0 Å². The van der Waals surface area contributed by atoms with E-state index in [2.05, 4.69) is 42.2 Å². The van der Waals surface area contributed by atoms with E-state index in [1.54, 1.807) is 0 Å². The smallest absolute Gasteiger partial charge is 0.383 e. The van der Waals surface area contributed by atoms with E-state index in [4.69, 9.17) is 41.6 Å². The highest BCUT2D eigenvalue weighted by atomic mass is 32.7. The maximum atomic E-state index is 12.2. The van der Waals surface area contributed by atoms with Crippen LogP contribution in [-0.2, 0) is 34.7 Å². The molecule has 9 atom stereocenters. The average Bonchev–Trinajstić information content (AvgIpc) is 3.67. The number of aliphatic hydroxyl groups is 4. The molecular weight excluding hydrogens is 698 g/mol. The lowest BCUT2D eigenvalue weighted by atomic mass is 10.1. The summed E-state index contributed by atoms with van der Waals surface area (Å²) in [7, 11) is 0. The molecule has 0 spiro atoms. The highest BCUT2D eigenvalue weighted by Crippen LogP contribution is 2.51. The third kappa shape index (κ3) is 7.24. The molecule has 0 radical (unpaired) electrons. The second-order valence-corrected chi connectivity index (χ2v) is 15.3. The number of nitrogens with zero attached hydrogens (tertiary/aromatic N) is 7. The molecule has 0 bridgehead atoms. The summed E-state index contributed by atoms with van der Waals surface area (Å²) in [6.07, 6.45) is -8.23. The molecule has 0 aliphatic carbocycles. The van der Waals surface area contributed by atoms with Gasteiger partial charge in [-0.1, -0.05) is 12.2 Å². The zero-order valence-electron chi connectivity index (χ0n) is 23.1. The average molecular weight is 727 g/mol. The fourth-order valence-corrected chi connectivity index (χ4v) is 7.09. The number of hydrogen-bond donors (Lipinski definition) is 10. The Hall–Kier alpha value is -2.67. The van der Waals surface area contributed by atoms with E-state index in [-0.39, 0.29) is 34.1 Å². The van der Waals surface area contributed by atoms with Crippen LogP contribution in [-0.4, -0.2) is 113 Å². The van der Waals surface area contributed by atoms with Gasteiger partial charge < -0.3 is 50.9 Å². The monoisotopic (exact) mass is 726 g/mol. The second kappa shape index (κ2) is 13.4. The van der Waals surface area contributed by atoms with Crippen molar-refractivity contribution in [2.24, 2.45) is 0 Å². The predicted molar refractivity (Wildman–Crippen MR) is 162 cm³/mol. The molecule has 1 saturated heterocycles. The van der Waals surface area contributed by atoms with Crippen molar-refractivity contribution in [1.29, 1.82) is 0 Å². The van der Waals surface area contributed by atoms with Gasteiger partial charge in [-0.2, -0.15) is 4.98 Å². The first-order valence-electron chi connectivity index (χ1n) is 13.0. The zero-order chi connectivity index (χ0) is 33.6. The Morgan fingerprint density at radius 3 is 2.57 bits per heavy atom. The van der Waals surface area contributed by atoms with Gasteiger partial charge in [0.1, 0.15) is 42.4 Å². The molecular formula is C20H28N10O12P2S2. The van der Waals surface area contributed by atoms with Gasteiger partial charge >= 0.3 is 13.5 Å². The van der Waals surface area contributed by atoms with Crippen LogP contribution in [0.1, 0.15) is 18.9 Å². The molecule has 1 fully saturated rings. The summed E-state index contributed by atoms with van der Waals surface area (Å²) in [5.41, 5.74) is 10.7. The van der Waals surface area contributed by atoms with Crippen molar-refractivity contribution in [2.45, 2.75) is 49.4 Å². The summed E-state index contributed by atoms with van der Waals surface area (Å²) in [5, 5.41) is 42.3. The van der Waals surface area contributed by atoms with Crippen LogP contribution in [0.25, 0.3) is 22.3 Å². The standard InChI is InChI=1S/C20H28N10O12P2S2/c21-14-9-15(24-4-23-14)29(5-25-9)18(35)12(33)7(41-43(36,37)45)1-2-39-44(38,46)42-13-11(32)8(3-31)40-19(13)30-6-26-10-16(30)27-20(22)28-17(10)34/h4-8,11-13,18-19,31-33,35H,1-3H2,(H,38,46)(H2,21,23,24)(H2,36,37,45)(H3,22,27,28,34)/t7-,8-,11-,12-,13-,18-,19-,44?/m1/s1. The summed E-state index contributed by atoms with van der Waals surface area (Å²) in [5.74, 6) is -0.253. The lowest BCUT2D eigenvalue weighted by molar-refractivity contribution is -0.0867. The van der Waals surface area contributed by atoms with Gasteiger partial charge in [0.2, 0.25) is 5.95 Å². The van der Waals surface area contributed by atoms with Gasteiger partial charge in [-0.15, -0.1) is 0 Å². The van der Waals surface area contributed by atoms with Gasteiger partial charge in [0.15, 0.2) is 35.1 Å². The van der Waals surface area contributed by atoms with Crippen LogP contribution < -0.4 is 17.0 Å². The minimum Gasteiger partial charge on any atom is -0.394 e. The molecule has 5 rings (SSSR count). The first-order chi connectivity index (χ1) is 21.6. The summed E-state index contributed by atoms with van der Waals surface area (Å²) in [6, 6.07) is 0. The number of rotatable bonds is 13. The van der Waals surface area contributed by atoms with Crippen LogP contribution in [0.2, 0.25) is 0 Å². The Labute approximate surface area is 266 Å². The third-order valence-corrected chi connectivity index (χ3v) is 9.18. The number of aromatic nitrogens is 8. The number of imidazole rings is 2.